The average Bonchev–Trinajstić information content (AvgIpc) is 2.33. The van der Waals surface area contributed by atoms with Gasteiger partial charge in [0.1, 0.15) is 0 Å². The van der Waals surface area contributed by atoms with Crippen molar-refractivity contribution in [1.29, 1.82) is 0 Å². The van der Waals surface area contributed by atoms with E-state index in [4.69, 9.17) is 16.7 Å². The predicted molar refractivity (Wildman–Crippen MR) is 78.3 cm³/mol. The van der Waals surface area contributed by atoms with Gasteiger partial charge in [0.15, 0.2) is 0 Å². The first-order valence-electron chi connectivity index (χ1n) is 5.71. The van der Waals surface area contributed by atoms with Crippen LogP contribution in [-0.4, -0.2) is 44.9 Å². The van der Waals surface area contributed by atoms with Crippen molar-refractivity contribution in [1.82, 2.24) is 10.0 Å². The molecule has 10 heteroatoms. The number of anilines is 1. The SMILES string of the molecule is CS(=O)(=O)NCCNC(=O)Nc1ccc(C(=O)O)c(Cl)c1. The Morgan fingerprint density at radius 1 is 1.29 bits per heavy atom. The van der Waals surface area contributed by atoms with Gasteiger partial charge in [0.05, 0.1) is 16.8 Å². The van der Waals surface area contributed by atoms with Crippen LogP contribution in [0, 0.1) is 0 Å². The smallest absolute Gasteiger partial charge is 0.337 e. The van der Waals surface area contributed by atoms with Crippen LogP contribution in [0.4, 0.5) is 10.5 Å². The molecule has 0 heterocycles. The quantitative estimate of drug-likeness (QED) is 0.570. The van der Waals surface area contributed by atoms with Gasteiger partial charge in [-0.15, -0.1) is 0 Å². The fourth-order valence-electron chi connectivity index (χ4n) is 1.35. The van der Waals surface area contributed by atoms with Gasteiger partial charge in [-0.1, -0.05) is 11.6 Å². The van der Waals surface area contributed by atoms with Gasteiger partial charge in [-0.25, -0.2) is 22.7 Å². The number of nitrogens with one attached hydrogen (secondary N) is 3. The van der Waals surface area contributed by atoms with E-state index in [1.165, 1.54) is 18.2 Å². The molecule has 21 heavy (non-hydrogen) atoms. The zero-order valence-corrected chi connectivity index (χ0v) is 12.6. The number of sulfonamides is 1. The second-order valence-electron chi connectivity index (χ2n) is 4.05. The fourth-order valence-corrected chi connectivity index (χ4v) is 2.09. The van der Waals surface area contributed by atoms with Crippen LogP contribution in [0.3, 0.4) is 0 Å². The molecule has 0 saturated carbocycles. The number of carbonyl (C=O) groups excluding carboxylic acids is 1. The minimum atomic E-state index is -3.29. The largest absolute Gasteiger partial charge is 0.478 e. The van der Waals surface area contributed by atoms with Crippen LogP contribution in [0.5, 0.6) is 0 Å². The number of halogens is 1. The number of carbonyl (C=O) groups is 2. The van der Waals surface area contributed by atoms with Crippen LogP contribution in [0.2, 0.25) is 5.02 Å². The molecule has 0 aliphatic carbocycles. The van der Waals surface area contributed by atoms with Gasteiger partial charge >= 0.3 is 12.0 Å². The summed E-state index contributed by atoms with van der Waals surface area (Å²) in [7, 11) is -3.29. The summed E-state index contributed by atoms with van der Waals surface area (Å²) in [6, 6.07) is 3.40. The lowest BCUT2D eigenvalue weighted by Gasteiger charge is -2.09. The van der Waals surface area contributed by atoms with Gasteiger partial charge in [-0.2, -0.15) is 0 Å². The van der Waals surface area contributed by atoms with E-state index < -0.39 is 22.0 Å². The molecule has 1 aromatic carbocycles. The first kappa shape index (κ1) is 17.2. The summed E-state index contributed by atoms with van der Waals surface area (Å²) in [6.45, 7) is 0.158. The first-order chi connectivity index (χ1) is 9.69. The third-order valence-corrected chi connectivity index (χ3v) is 3.27. The number of aromatic carboxylic acids is 1. The molecule has 0 aromatic heterocycles. The topological polar surface area (TPSA) is 125 Å². The van der Waals surface area contributed by atoms with Crippen molar-refractivity contribution < 1.29 is 23.1 Å². The van der Waals surface area contributed by atoms with Crippen LogP contribution >= 0.6 is 11.6 Å². The Kier molecular flexibility index (Phi) is 5.94. The number of hydrogen-bond donors (Lipinski definition) is 4. The molecule has 8 nitrogen and oxygen atoms in total. The first-order valence-corrected chi connectivity index (χ1v) is 7.98. The molecule has 0 aliphatic rings. The van der Waals surface area contributed by atoms with Gasteiger partial charge in [0, 0.05) is 18.8 Å². The molecular weight excluding hydrogens is 322 g/mol. The van der Waals surface area contributed by atoms with Crippen molar-refractivity contribution in [3.8, 4) is 0 Å². The molecule has 116 valence electrons. The van der Waals surface area contributed by atoms with E-state index in [-0.39, 0.29) is 23.7 Å². The summed E-state index contributed by atoms with van der Waals surface area (Å²) in [4.78, 5) is 22.3. The van der Waals surface area contributed by atoms with Crippen molar-refractivity contribution in [3.05, 3.63) is 28.8 Å². The highest BCUT2D eigenvalue weighted by Crippen LogP contribution is 2.20. The number of carboxylic acids is 1. The zero-order valence-electron chi connectivity index (χ0n) is 11.0. The average molecular weight is 336 g/mol. The minimum absolute atomic E-state index is 0.000886. The highest BCUT2D eigenvalue weighted by atomic mass is 35.5. The molecule has 0 radical (unpaired) electrons. The third kappa shape index (κ3) is 6.43. The second kappa shape index (κ2) is 7.25. The van der Waals surface area contributed by atoms with Crippen LogP contribution in [0.25, 0.3) is 0 Å². The minimum Gasteiger partial charge on any atom is -0.478 e. The molecule has 2 amide bonds. The summed E-state index contributed by atoms with van der Waals surface area (Å²) < 4.78 is 23.8. The van der Waals surface area contributed by atoms with Crippen LogP contribution in [-0.2, 0) is 10.0 Å². The van der Waals surface area contributed by atoms with Gasteiger partial charge in [0.2, 0.25) is 10.0 Å². The summed E-state index contributed by atoms with van der Waals surface area (Å²) in [5.74, 6) is -1.16. The van der Waals surface area contributed by atoms with E-state index in [1.807, 2.05) is 0 Å². The van der Waals surface area contributed by atoms with E-state index >= 15 is 0 Å². The summed E-state index contributed by atoms with van der Waals surface area (Å²) in [6.07, 6.45) is 1.01. The second-order valence-corrected chi connectivity index (χ2v) is 6.29. The Morgan fingerprint density at radius 3 is 2.48 bits per heavy atom. The van der Waals surface area contributed by atoms with Gasteiger partial charge in [-0.3, -0.25) is 0 Å². The molecule has 0 aliphatic heterocycles. The van der Waals surface area contributed by atoms with Crippen molar-refractivity contribution in [2.24, 2.45) is 0 Å². The molecule has 1 rings (SSSR count). The highest BCUT2D eigenvalue weighted by molar-refractivity contribution is 7.88. The molecular formula is C11H14ClN3O5S. The van der Waals surface area contributed by atoms with Crippen LogP contribution in [0.1, 0.15) is 10.4 Å². The normalized spacial score (nSPS) is 11.0. The van der Waals surface area contributed by atoms with E-state index in [1.54, 1.807) is 0 Å². The molecule has 1 aromatic rings. The molecule has 0 atom stereocenters. The summed E-state index contributed by atoms with van der Waals surface area (Å²) in [5, 5.41) is 13.7. The van der Waals surface area contributed by atoms with Crippen LogP contribution in [0.15, 0.2) is 18.2 Å². The number of carboxylic acid groups (broad SMARTS) is 1. The molecule has 0 saturated heterocycles. The van der Waals surface area contributed by atoms with Crippen molar-refractivity contribution in [2.75, 3.05) is 24.7 Å². The predicted octanol–water partition coefficient (Wildman–Crippen LogP) is 0.709. The third-order valence-electron chi connectivity index (χ3n) is 2.23. The zero-order chi connectivity index (χ0) is 16.0. The number of rotatable bonds is 6. The Balaban J connectivity index is 2.48. The van der Waals surface area contributed by atoms with E-state index in [2.05, 4.69) is 15.4 Å². The Hall–Kier alpha value is -1.84. The standard InChI is InChI=1S/C11H14ClN3O5S/c1-21(19,20)14-5-4-13-11(18)15-7-2-3-8(10(16)17)9(12)6-7/h2-3,6,14H,4-5H2,1H3,(H,16,17)(H2,13,15,18). The molecule has 0 unspecified atom stereocenters. The Bertz CT molecular complexity index is 647. The van der Waals surface area contributed by atoms with Gasteiger partial charge < -0.3 is 15.7 Å². The lowest BCUT2D eigenvalue weighted by atomic mass is 10.2. The lowest BCUT2D eigenvalue weighted by Crippen LogP contribution is -2.36. The lowest BCUT2D eigenvalue weighted by molar-refractivity contribution is 0.0697. The molecule has 0 fully saturated rings. The van der Waals surface area contributed by atoms with Crippen molar-refractivity contribution >= 4 is 39.3 Å². The van der Waals surface area contributed by atoms with Gasteiger partial charge in [-0.05, 0) is 18.2 Å². The molecule has 0 spiro atoms. The number of benzene rings is 1. The summed E-state index contributed by atoms with van der Waals surface area (Å²) in [5.41, 5.74) is 0.249. The van der Waals surface area contributed by atoms with E-state index in [9.17, 15) is 18.0 Å². The van der Waals surface area contributed by atoms with Crippen molar-refractivity contribution in [3.63, 3.8) is 0 Å². The number of amides is 2. The maximum atomic E-state index is 11.5. The van der Waals surface area contributed by atoms with E-state index in [0.717, 1.165) is 6.26 Å². The Morgan fingerprint density at radius 2 is 1.95 bits per heavy atom. The van der Waals surface area contributed by atoms with Crippen LogP contribution < -0.4 is 15.4 Å². The molecule has 0 bridgehead atoms. The van der Waals surface area contributed by atoms with Crippen molar-refractivity contribution in [2.45, 2.75) is 0 Å². The molecule has 4 N–H and O–H groups in total. The monoisotopic (exact) mass is 335 g/mol. The number of urea groups is 1. The van der Waals surface area contributed by atoms with E-state index in [0.29, 0.717) is 5.69 Å². The highest BCUT2D eigenvalue weighted by Gasteiger charge is 2.10. The summed E-state index contributed by atoms with van der Waals surface area (Å²) >= 11 is 5.76. The Labute approximate surface area is 126 Å². The fraction of sp³-hybridized carbons (Fsp3) is 0.273. The maximum Gasteiger partial charge on any atom is 0.337 e. The number of hydrogen-bond acceptors (Lipinski definition) is 4. The van der Waals surface area contributed by atoms with Gasteiger partial charge in [0.25, 0.3) is 0 Å². The maximum absolute atomic E-state index is 11.5.